The second-order valence-electron chi connectivity index (χ2n) is 6.94. The van der Waals surface area contributed by atoms with Gasteiger partial charge in [-0.05, 0) is 43.9 Å². The summed E-state index contributed by atoms with van der Waals surface area (Å²) in [6, 6.07) is 3.62. The van der Waals surface area contributed by atoms with Gasteiger partial charge in [-0.15, -0.1) is 0 Å². The zero-order chi connectivity index (χ0) is 23.1. The number of nitrogens with zero attached hydrogens (tertiary/aromatic N) is 1. The number of carbonyl (C=O) groups is 2. The van der Waals surface area contributed by atoms with Gasteiger partial charge < -0.3 is 22.1 Å². The summed E-state index contributed by atoms with van der Waals surface area (Å²) in [6.07, 6.45) is 1.57. The van der Waals surface area contributed by atoms with Crippen LogP contribution in [0.5, 0.6) is 0 Å². The summed E-state index contributed by atoms with van der Waals surface area (Å²) >= 11 is 0. The Morgan fingerprint density at radius 2 is 1.55 bits per heavy atom. The Labute approximate surface area is 176 Å². The van der Waals surface area contributed by atoms with Gasteiger partial charge in [-0.3, -0.25) is 9.59 Å². The van der Waals surface area contributed by atoms with Crippen LogP contribution in [-0.2, 0) is 9.59 Å². The minimum Gasteiger partial charge on any atom is -0.355 e. The van der Waals surface area contributed by atoms with Gasteiger partial charge in [0.1, 0.15) is 0 Å². The van der Waals surface area contributed by atoms with E-state index in [2.05, 4.69) is 15.6 Å². The Morgan fingerprint density at radius 3 is 2.10 bits per heavy atom. The number of carbonyl (C=O) groups excluding carboxylic acids is 2. The van der Waals surface area contributed by atoms with Gasteiger partial charge in [-0.25, -0.2) is 8.78 Å². The van der Waals surface area contributed by atoms with Crippen molar-refractivity contribution in [2.75, 3.05) is 11.9 Å². The second kappa shape index (κ2) is 10.8. The summed E-state index contributed by atoms with van der Waals surface area (Å²) in [5, 5.41) is 5.20. The molecule has 31 heavy (non-hydrogen) atoms. The van der Waals surface area contributed by atoms with Crippen molar-refractivity contribution in [2.45, 2.75) is 38.3 Å². The Balaban J connectivity index is 1.90. The van der Waals surface area contributed by atoms with Crippen LogP contribution in [-0.4, -0.2) is 35.4 Å². The molecule has 11 heteroatoms. The predicted molar refractivity (Wildman–Crippen MR) is 107 cm³/mol. The zero-order valence-corrected chi connectivity index (χ0v) is 16.7. The average Bonchev–Trinajstić information content (AvgIpc) is 2.73. The summed E-state index contributed by atoms with van der Waals surface area (Å²) in [6.45, 7) is 1.99. The molecule has 1 aromatic heterocycles. The van der Waals surface area contributed by atoms with Gasteiger partial charge in [0, 0.05) is 12.2 Å². The van der Waals surface area contributed by atoms with Crippen molar-refractivity contribution < 1.29 is 27.2 Å². The third kappa shape index (κ3) is 6.46. The number of rotatable bonds is 9. The van der Waals surface area contributed by atoms with Crippen LogP contribution in [0.4, 0.5) is 23.2 Å². The van der Waals surface area contributed by atoms with Crippen molar-refractivity contribution in [1.29, 1.82) is 0 Å². The third-order valence-corrected chi connectivity index (χ3v) is 4.43. The van der Waals surface area contributed by atoms with Gasteiger partial charge in [0.25, 0.3) is 11.9 Å². The fourth-order valence-electron chi connectivity index (χ4n) is 2.69. The lowest BCUT2D eigenvalue weighted by Gasteiger charge is -2.13. The van der Waals surface area contributed by atoms with Gasteiger partial charge >= 0.3 is 0 Å². The molecule has 2 atom stereocenters. The first-order valence-electron chi connectivity index (χ1n) is 9.52. The number of aromatic nitrogens is 1. The highest BCUT2D eigenvalue weighted by Gasteiger charge is 2.22. The Bertz CT molecular complexity index is 912. The minimum atomic E-state index is -1.76. The standard InChI is InChI=1S/C20H23F4N5O2/c1-10(25)19(30)27-9-3-2-4-13(26)20(31)28-12-7-5-11(6-8-12)14-15(21)17(23)29-18(24)16(14)22/h5-8,10,13H,2-4,9,25-26H2,1H3,(H,27,30)(H,28,31)/t10-,13-/m0/s1. The van der Waals surface area contributed by atoms with E-state index in [1.54, 1.807) is 6.92 Å². The summed E-state index contributed by atoms with van der Waals surface area (Å²) in [5.41, 5.74) is 10.5. The van der Waals surface area contributed by atoms with E-state index >= 15 is 0 Å². The summed E-state index contributed by atoms with van der Waals surface area (Å²) in [5.74, 6) is -7.48. The molecular formula is C20H23F4N5O2. The summed E-state index contributed by atoms with van der Waals surface area (Å²) < 4.78 is 54.2. The smallest absolute Gasteiger partial charge is 0.252 e. The minimum absolute atomic E-state index is 0.133. The highest BCUT2D eigenvalue weighted by Crippen LogP contribution is 2.29. The Hall–Kier alpha value is -3.05. The molecule has 1 aromatic carbocycles. The number of nitrogens with one attached hydrogen (secondary N) is 2. The maximum absolute atomic E-state index is 13.8. The lowest BCUT2D eigenvalue weighted by atomic mass is 10.0. The summed E-state index contributed by atoms with van der Waals surface area (Å²) in [7, 11) is 0. The summed E-state index contributed by atoms with van der Waals surface area (Å²) in [4.78, 5) is 26.0. The topological polar surface area (TPSA) is 123 Å². The van der Waals surface area contributed by atoms with Crippen LogP contribution in [0, 0.1) is 23.5 Å². The molecule has 2 amide bonds. The van der Waals surface area contributed by atoms with Crippen molar-refractivity contribution in [1.82, 2.24) is 10.3 Å². The number of hydrogen-bond acceptors (Lipinski definition) is 5. The van der Waals surface area contributed by atoms with Gasteiger partial charge in [0.15, 0.2) is 11.6 Å². The van der Waals surface area contributed by atoms with Crippen molar-refractivity contribution in [3.05, 3.63) is 47.8 Å². The monoisotopic (exact) mass is 441 g/mol. The molecule has 0 radical (unpaired) electrons. The van der Waals surface area contributed by atoms with Crippen LogP contribution in [0.25, 0.3) is 11.1 Å². The van der Waals surface area contributed by atoms with Crippen molar-refractivity contribution in [3.63, 3.8) is 0 Å². The number of anilines is 1. The SMILES string of the molecule is C[C@H](N)C(=O)NCCCC[C@H](N)C(=O)Nc1ccc(-c2c(F)c(F)nc(F)c2F)cc1. The first kappa shape index (κ1) is 24.2. The van der Waals surface area contributed by atoms with Crippen molar-refractivity contribution >= 4 is 17.5 Å². The molecule has 7 nitrogen and oxygen atoms in total. The molecule has 2 rings (SSSR count). The van der Waals surface area contributed by atoms with Crippen LogP contribution in [0.3, 0.4) is 0 Å². The van der Waals surface area contributed by atoms with Crippen LogP contribution >= 0.6 is 0 Å². The van der Waals surface area contributed by atoms with Crippen LogP contribution in [0.1, 0.15) is 26.2 Å². The van der Waals surface area contributed by atoms with Crippen LogP contribution < -0.4 is 22.1 Å². The molecule has 0 spiro atoms. The van der Waals surface area contributed by atoms with Crippen LogP contribution in [0.15, 0.2) is 24.3 Å². The molecule has 0 aliphatic heterocycles. The third-order valence-electron chi connectivity index (χ3n) is 4.43. The number of nitrogens with two attached hydrogens (primary N) is 2. The maximum atomic E-state index is 13.8. The van der Waals surface area contributed by atoms with Gasteiger partial charge in [0.05, 0.1) is 17.6 Å². The number of pyridine rings is 1. The molecule has 6 N–H and O–H groups in total. The zero-order valence-electron chi connectivity index (χ0n) is 16.7. The number of benzene rings is 1. The molecule has 168 valence electrons. The van der Waals surface area contributed by atoms with Crippen LogP contribution in [0.2, 0.25) is 0 Å². The molecule has 0 bridgehead atoms. The highest BCUT2D eigenvalue weighted by atomic mass is 19.2. The molecule has 0 unspecified atom stereocenters. The van der Waals surface area contributed by atoms with E-state index in [1.165, 1.54) is 24.3 Å². The lowest BCUT2D eigenvalue weighted by Crippen LogP contribution is -2.39. The van der Waals surface area contributed by atoms with Crippen molar-refractivity contribution in [2.24, 2.45) is 11.5 Å². The first-order valence-corrected chi connectivity index (χ1v) is 9.52. The van der Waals surface area contributed by atoms with E-state index in [9.17, 15) is 27.2 Å². The molecule has 0 aliphatic rings. The van der Waals surface area contributed by atoms with Gasteiger partial charge in [0.2, 0.25) is 11.8 Å². The molecule has 0 fully saturated rings. The normalized spacial score (nSPS) is 12.9. The van der Waals surface area contributed by atoms with E-state index in [0.29, 0.717) is 25.8 Å². The average molecular weight is 441 g/mol. The number of halogens is 4. The van der Waals surface area contributed by atoms with E-state index in [1.807, 2.05) is 0 Å². The molecule has 0 aliphatic carbocycles. The molecule has 2 aromatic rings. The quantitative estimate of drug-likeness (QED) is 0.270. The number of hydrogen-bond donors (Lipinski definition) is 4. The van der Waals surface area contributed by atoms with E-state index in [0.717, 1.165) is 0 Å². The number of amides is 2. The second-order valence-corrected chi connectivity index (χ2v) is 6.94. The molecule has 1 heterocycles. The molecule has 0 saturated heterocycles. The van der Waals surface area contributed by atoms with E-state index < -0.39 is 47.1 Å². The fourth-order valence-corrected chi connectivity index (χ4v) is 2.69. The van der Waals surface area contributed by atoms with Crippen molar-refractivity contribution in [3.8, 4) is 11.1 Å². The fraction of sp³-hybridized carbons (Fsp3) is 0.350. The highest BCUT2D eigenvalue weighted by molar-refractivity contribution is 5.94. The molecule has 0 saturated carbocycles. The van der Waals surface area contributed by atoms with Gasteiger partial charge in [-0.1, -0.05) is 12.1 Å². The van der Waals surface area contributed by atoms with E-state index in [-0.39, 0.29) is 17.2 Å². The van der Waals surface area contributed by atoms with E-state index in [4.69, 9.17) is 11.5 Å². The maximum Gasteiger partial charge on any atom is 0.252 e. The largest absolute Gasteiger partial charge is 0.355 e. The van der Waals surface area contributed by atoms with Gasteiger partial charge in [-0.2, -0.15) is 13.8 Å². The predicted octanol–water partition coefficient (Wildman–Crippen LogP) is 2.20. The number of unbranched alkanes of at least 4 members (excludes halogenated alkanes) is 1. The lowest BCUT2D eigenvalue weighted by molar-refractivity contribution is -0.122. The first-order chi connectivity index (χ1) is 14.6. The molecular weight excluding hydrogens is 418 g/mol. The Morgan fingerprint density at radius 1 is 0.968 bits per heavy atom. The Kier molecular flexibility index (Phi) is 8.46.